The van der Waals surface area contributed by atoms with E-state index in [2.05, 4.69) is 41.6 Å². The van der Waals surface area contributed by atoms with Crippen LogP contribution in [0.4, 0.5) is 10.2 Å². The van der Waals surface area contributed by atoms with Gasteiger partial charge in [-0.2, -0.15) is 0 Å². The highest BCUT2D eigenvalue weighted by Crippen LogP contribution is 2.23. The fourth-order valence-electron chi connectivity index (χ4n) is 1.52. The van der Waals surface area contributed by atoms with Crippen molar-refractivity contribution < 1.29 is 12.8 Å². The molecule has 2 rings (SSSR count). The maximum absolute atomic E-state index is 13.7. The van der Waals surface area contributed by atoms with Gasteiger partial charge in [0.05, 0.1) is 0 Å². The van der Waals surface area contributed by atoms with Gasteiger partial charge in [-0.3, -0.25) is 4.72 Å². The Hall–Kier alpha value is -0.990. The lowest BCUT2D eigenvalue weighted by Gasteiger charge is -2.10. The zero-order valence-electron chi connectivity index (χ0n) is 10.2. The van der Waals surface area contributed by atoms with Gasteiger partial charge in [0.2, 0.25) is 0 Å². The number of aromatic nitrogens is 1. The highest BCUT2D eigenvalue weighted by molar-refractivity contribution is 9.10. The van der Waals surface area contributed by atoms with Crippen LogP contribution in [0.2, 0.25) is 0 Å². The van der Waals surface area contributed by atoms with Crippen LogP contribution in [0.1, 0.15) is 5.56 Å². The van der Waals surface area contributed by atoms with E-state index in [-0.39, 0.29) is 5.82 Å². The molecule has 8 heteroatoms. The minimum absolute atomic E-state index is 0.163. The molecule has 0 aliphatic rings. The first-order chi connectivity index (χ1) is 9.29. The summed E-state index contributed by atoms with van der Waals surface area (Å²) in [6.07, 6.45) is 1.46. The maximum atomic E-state index is 13.7. The molecule has 106 valence electrons. The van der Waals surface area contributed by atoms with Gasteiger partial charge in [-0.05, 0) is 52.7 Å². The van der Waals surface area contributed by atoms with Gasteiger partial charge in [-0.1, -0.05) is 15.9 Å². The van der Waals surface area contributed by atoms with E-state index < -0.39 is 20.7 Å². The zero-order valence-corrected chi connectivity index (χ0v) is 14.2. The number of halogens is 3. The molecule has 1 heterocycles. The summed E-state index contributed by atoms with van der Waals surface area (Å²) < 4.78 is 41.5. The smallest absolute Gasteiger partial charge is 0.263 e. The molecule has 1 aromatic heterocycles. The lowest BCUT2D eigenvalue weighted by atomic mass is 10.3. The Labute approximate surface area is 132 Å². The van der Waals surface area contributed by atoms with E-state index in [1.54, 1.807) is 13.0 Å². The number of aryl methyl sites for hydroxylation is 1. The van der Waals surface area contributed by atoms with Gasteiger partial charge >= 0.3 is 0 Å². The third kappa shape index (κ3) is 3.36. The van der Waals surface area contributed by atoms with Gasteiger partial charge < -0.3 is 0 Å². The predicted molar refractivity (Wildman–Crippen MR) is 81.6 cm³/mol. The van der Waals surface area contributed by atoms with Gasteiger partial charge in [0.25, 0.3) is 10.0 Å². The van der Waals surface area contributed by atoms with Crippen LogP contribution in [0.5, 0.6) is 0 Å². The topological polar surface area (TPSA) is 59.1 Å². The third-order valence-corrected chi connectivity index (χ3v) is 4.76. The van der Waals surface area contributed by atoms with Crippen LogP contribution in [0.15, 0.2) is 44.3 Å². The van der Waals surface area contributed by atoms with Crippen molar-refractivity contribution in [1.29, 1.82) is 0 Å². The lowest BCUT2D eigenvalue weighted by molar-refractivity contribution is 0.569. The second kappa shape index (κ2) is 5.79. The number of hydrogen-bond donors (Lipinski definition) is 1. The average molecular weight is 424 g/mol. The molecule has 20 heavy (non-hydrogen) atoms. The molecule has 0 aliphatic heterocycles. The number of hydrogen-bond acceptors (Lipinski definition) is 3. The fraction of sp³-hybridized carbons (Fsp3) is 0.0833. The van der Waals surface area contributed by atoms with Gasteiger partial charge in [-0.15, -0.1) is 0 Å². The van der Waals surface area contributed by atoms with Gasteiger partial charge in [0.15, 0.2) is 0 Å². The first-order valence-corrected chi connectivity index (χ1v) is 8.46. The lowest BCUT2D eigenvalue weighted by Crippen LogP contribution is -2.16. The number of nitrogens with one attached hydrogen (secondary N) is 1. The molecule has 0 radical (unpaired) electrons. The molecule has 2 aromatic rings. The Morgan fingerprint density at radius 2 is 1.90 bits per heavy atom. The monoisotopic (exact) mass is 422 g/mol. The fourth-order valence-corrected chi connectivity index (χ4v) is 3.44. The van der Waals surface area contributed by atoms with Crippen LogP contribution in [-0.4, -0.2) is 13.4 Å². The maximum Gasteiger partial charge on any atom is 0.265 e. The predicted octanol–water partition coefficient (Wildman–Crippen LogP) is 3.85. The van der Waals surface area contributed by atoms with Crippen LogP contribution in [0, 0.1) is 12.7 Å². The van der Waals surface area contributed by atoms with Gasteiger partial charge in [-0.25, -0.2) is 17.8 Å². The van der Waals surface area contributed by atoms with E-state index in [1.807, 2.05) is 0 Å². The molecule has 0 unspecified atom stereocenters. The van der Waals surface area contributed by atoms with Crippen molar-refractivity contribution in [3.8, 4) is 0 Å². The number of pyridine rings is 1. The molecule has 0 aliphatic carbocycles. The van der Waals surface area contributed by atoms with Crippen molar-refractivity contribution in [3.05, 3.63) is 50.8 Å². The van der Waals surface area contributed by atoms with Gasteiger partial charge in [0, 0.05) is 15.1 Å². The molecular formula is C12H9Br2FN2O2S. The summed E-state index contributed by atoms with van der Waals surface area (Å²) in [5.74, 6) is -0.669. The molecule has 0 saturated heterocycles. The zero-order chi connectivity index (χ0) is 14.9. The Kier molecular flexibility index (Phi) is 4.46. The van der Waals surface area contributed by atoms with Crippen molar-refractivity contribution in [2.45, 2.75) is 11.8 Å². The summed E-state index contributed by atoms with van der Waals surface area (Å²) in [7, 11) is -4.02. The molecule has 0 fully saturated rings. The molecule has 0 saturated carbocycles. The quantitative estimate of drug-likeness (QED) is 0.815. The Balaban J connectivity index is 2.41. The molecule has 0 spiro atoms. The van der Waals surface area contributed by atoms with Crippen molar-refractivity contribution in [2.24, 2.45) is 0 Å². The van der Waals surface area contributed by atoms with E-state index in [9.17, 15) is 12.8 Å². The Bertz CT molecular complexity index is 766. The van der Waals surface area contributed by atoms with Crippen molar-refractivity contribution in [2.75, 3.05) is 4.72 Å². The molecule has 1 aromatic carbocycles. The number of nitrogens with zero attached hydrogens (tertiary/aromatic N) is 1. The average Bonchev–Trinajstić information content (AvgIpc) is 2.32. The second-order valence-corrected chi connectivity index (χ2v) is 7.48. The first-order valence-electron chi connectivity index (χ1n) is 5.39. The number of anilines is 1. The SMILES string of the molecule is Cc1cc(Br)cnc1NS(=O)(=O)c1ccc(Br)cc1F. The standard InChI is InChI=1S/C12H9Br2FN2O2S/c1-7-4-9(14)6-16-12(7)17-20(18,19)11-3-2-8(13)5-10(11)15/h2-6H,1H3,(H,16,17). The summed E-state index contributed by atoms with van der Waals surface area (Å²) >= 11 is 6.31. The summed E-state index contributed by atoms with van der Waals surface area (Å²) in [4.78, 5) is 3.54. The van der Waals surface area contributed by atoms with E-state index in [0.29, 0.717) is 10.0 Å². The van der Waals surface area contributed by atoms with Crippen LogP contribution < -0.4 is 4.72 Å². The van der Waals surface area contributed by atoms with Crippen LogP contribution in [0.3, 0.4) is 0 Å². The molecule has 0 bridgehead atoms. The van der Waals surface area contributed by atoms with E-state index >= 15 is 0 Å². The minimum Gasteiger partial charge on any atom is -0.263 e. The van der Waals surface area contributed by atoms with E-state index in [1.165, 1.54) is 18.3 Å². The van der Waals surface area contributed by atoms with Gasteiger partial charge in [0.1, 0.15) is 16.5 Å². The molecule has 4 nitrogen and oxygen atoms in total. The summed E-state index contributed by atoms with van der Waals surface area (Å²) in [6, 6.07) is 5.45. The number of rotatable bonds is 3. The summed E-state index contributed by atoms with van der Waals surface area (Å²) in [5, 5.41) is 0. The van der Waals surface area contributed by atoms with Crippen molar-refractivity contribution >= 4 is 47.7 Å². The highest BCUT2D eigenvalue weighted by atomic mass is 79.9. The Morgan fingerprint density at radius 1 is 1.20 bits per heavy atom. The van der Waals surface area contributed by atoms with Crippen molar-refractivity contribution in [3.63, 3.8) is 0 Å². The number of sulfonamides is 1. The Morgan fingerprint density at radius 3 is 2.50 bits per heavy atom. The van der Waals surface area contributed by atoms with Crippen LogP contribution in [-0.2, 0) is 10.0 Å². The van der Waals surface area contributed by atoms with Crippen molar-refractivity contribution in [1.82, 2.24) is 4.98 Å². The van der Waals surface area contributed by atoms with Crippen LogP contribution >= 0.6 is 31.9 Å². The first kappa shape index (κ1) is 15.4. The molecular weight excluding hydrogens is 415 g/mol. The normalized spacial score (nSPS) is 11.4. The molecule has 0 atom stereocenters. The highest BCUT2D eigenvalue weighted by Gasteiger charge is 2.20. The number of benzene rings is 1. The second-order valence-electron chi connectivity index (χ2n) is 4.00. The largest absolute Gasteiger partial charge is 0.265 e. The van der Waals surface area contributed by atoms with Crippen LogP contribution in [0.25, 0.3) is 0 Å². The van der Waals surface area contributed by atoms with E-state index in [4.69, 9.17) is 0 Å². The minimum atomic E-state index is -4.02. The molecule has 0 amide bonds. The summed E-state index contributed by atoms with van der Waals surface area (Å²) in [5.41, 5.74) is 0.625. The molecule has 1 N–H and O–H groups in total. The van der Waals surface area contributed by atoms with E-state index in [0.717, 1.165) is 10.5 Å². The summed E-state index contributed by atoms with van der Waals surface area (Å²) in [6.45, 7) is 1.70. The third-order valence-electron chi connectivity index (χ3n) is 2.46.